The zero-order chi connectivity index (χ0) is 16.6. The fraction of sp³-hybridized carbons (Fsp3) is 0.778. The van der Waals surface area contributed by atoms with Crippen LogP contribution in [0.15, 0.2) is 6.07 Å². The fourth-order valence-electron chi connectivity index (χ4n) is 3.84. The average molecular weight is 318 g/mol. The summed E-state index contributed by atoms with van der Waals surface area (Å²) in [6.07, 6.45) is 3.58. The maximum Gasteiger partial charge on any atom is 0.269 e. The number of hydrogen-bond acceptors (Lipinski definition) is 3. The van der Waals surface area contributed by atoms with Gasteiger partial charge in [0.1, 0.15) is 5.69 Å². The van der Waals surface area contributed by atoms with Crippen LogP contribution in [0, 0.1) is 17.8 Å². The van der Waals surface area contributed by atoms with Gasteiger partial charge >= 0.3 is 0 Å². The zero-order valence-corrected chi connectivity index (χ0v) is 14.9. The van der Waals surface area contributed by atoms with E-state index in [1.54, 1.807) is 0 Å². The lowest BCUT2D eigenvalue weighted by atomic mass is 9.98. The highest BCUT2D eigenvalue weighted by Crippen LogP contribution is 2.41. The molecule has 3 rings (SSSR count). The SMILES string of the molecule is CCn1nc(CC(C)C)cc1C(=O)N[C@H]1CN(C)C[C@@H]1C1CC1. The Hall–Kier alpha value is -1.36. The van der Waals surface area contributed by atoms with Gasteiger partial charge in [0.25, 0.3) is 5.91 Å². The minimum atomic E-state index is 0.0420. The van der Waals surface area contributed by atoms with E-state index in [0.717, 1.165) is 37.7 Å². The van der Waals surface area contributed by atoms with Gasteiger partial charge in [0, 0.05) is 25.7 Å². The van der Waals surface area contributed by atoms with E-state index in [2.05, 4.69) is 36.2 Å². The van der Waals surface area contributed by atoms with Crippen molar-refractivity contribution in [1.82, 2.24) is 20.0 Å². The van der Waals surface area contributed by atoms with Gasteiger partial charge in [0.15, 0.2) is 0 Å². The van der Waals surface area contributed by atoms with E-state index in [1.165, 1.54) is 12.8 Å². The van der Waals surface area contributed by atoms with Crippen molar-refractivity contribution in [1.29, 1.82) is 0 Å². The molecule has 0 radical (unpaired) electrons. The molecule has 1 aliphatic carbocycles. The Morgan fingerprint density at radius 2 is 2.13 bits per heavy atom. The molecule has 1 aromatic heterocycles. The molecule has 5 nitrogen and oxygen atoms in total. The van der Waals surface area contributed by atoms with Gasteiger partial charge in [-0.3, -0.25) is 9.48 Å². The summed E-state index contributed by atoms with van der Waals surface area (Å²) < 4.78 is 1.85. The largest absolute Gasteiger partial charge is 0.346 e. The number of rotatable bonds is 6. The predicted molar refractivity (Wildman–Crippen MR) is 91.4 cm³/mol. The minimum absolute atomic E-state index is 0.0420. The molecule has 2 fully saturated rings. The second-order valence-electron chi connectivity index (χ2n) is 7.74. The predicted octanol–water partition coefficient (Wildman–Crippen LogP) is 2.17. The number of likely N-dealkylation sites (tertiary alicyclic amines) is 1. The van der Waals surface area contributed by atoms with E-state index in [0.29, 0.717) is 17.5 Å². The third-order valence-electron chi connectivity index (χ3n) is 5.07. The van der Waals surface area contributed by atoms with Gasteiger partial charge in [-0.1, -0.05) is 13.8 Å². The van der Waals surface area contributed by atoms with Crippen LogP contribution in [0.4, 0.5) is 0 Å². The first-order valence-corrected chi connectivity index (χ1v) is 9.04. The number of nitrogens with zero attached hydrogens (tertiary/aromatic N) is 3. The summed E-state index contributed by atoms with van der Waals surface area (Å²) in [4.78, 5) is 15.1. The smallest absolute Gasteiger partial charge is 0.269 e. The highest BCUT2D eigenvalue weighted by molar-refractivity contribution is 5.93. The summed E-state index contributed by atoms with van der Waals surface area (Å²) in [7, 11) is 2.15. The number of hydrogen-bond donors (Lipinski definition) is 1. The molecule has 0 bridgehead atoms. The van der Waals surface area contributed by atoms with E-state index in [9.17, 15) is 4.79 Å². The Kier molecular flexibility index (Phi) is 4.76. The number of likely N-dealkylation sites (N-methyl/N-ethyl adjacent to an activating group) is 1. The number of nitrogens with one attached hydrogen (secondary N) is 1. The number of carbonyl (C=O) groups excluding carboxylic acids is 1. The molecular formula is C18H30N4O. The van der Waals surface area contributed by atoms with Gasteiger partial charge in [-0.05, 0) is 57.1 Å². The van der Waals surface area contributed by atoms with Crippen LogP contribution in [0.1, 0.15) is 49.8 Å². The molecule has 2 atom stereocenters. The maximum atomic E-state index is 12.8. The van der Waals surface area contributed by atoms with Crippen molar-refractivity contribution in [3.05, 3.63) is 17.5 Å². The molecule has 5 heteroatoms. The molecule has 0 unspecified atom stereocenters. The van der Waals surface area contributed by atoms with Crippen LogP contribution >= 0.6 is 0 Å². The molecule has 2 heterocycles. The summed E-state index contributed by atoms with van der Waals surface area (Å²) >= 11 is 0. The second kappa shape index (κ2) is 6.63. The first-order valence-electron chi connectivity index (χ1n) is 9.04. The Morgan fingerprint density at radius 1 is 1.39 bits per heavy atom. The number of aryl methyl sites for hydroxylation is 1. The normalized spacial score (nSPS) is 25.3. The summed E-state index contributed by atoms with van der Waals surface area (Å²) in [5.41, 5.74) is 1.74. The quantitative estimate of drug-likeness (QED) is 0.874. The van der Waals surface area contributed by atoms with Crippen LogP contribution in [0.3, 0.4) is 0 Å². The van der Waals surface area contributed by atoms with Crippen molar-refractivity contribution in [2.24, 2.45) is 17.8 Å². The molecule has 23 heavy (non-hydrogen) atoms. The topological polar surface area (TPSA) is 50.2 Å². The lowest BCUT2D eigenvalue weighted by Gasteiger charge is -2.19. The van der Waals surface area contributed by atoms with Crippen LogP contribution in [0.2, 0.25) is 0 Å². The molecule has 1 amide bonds. The third-order valence-corrected chi connectivity index (χ3v) is 5.07. The summed E-state index contributed by atoms with van der Waals surface area (Å²) in [6.45, 7) is 9.21. The first kappa shape index (κ1) is 16.5. The lowest BCUT2D eigenvalue weighted by Crippen LogP contribution is -2.41. The molecule has 1 saturated carbocycles. The monoisotopic (exact) mass is 318 g/mol. The summed E-state index contributed by atoms with van der Waals surface area (Å²) in [6, 6.07) is 2.26. The van der Waals surface area contributed by atoms with E-state index in [1.807, 2.05) is 17.7 Å². The minimum Gasteiger partial charge on any atom is -0.346 e. The highest BCUT2D eigenvalue weighted by Gasteiger charge is 2.42. The Morgan fingerprint density at radius 3 is 2.74 bits per heavy atom. The molecule has 1 aromatic rings. The third kappa shape index (κ3) is 3.77. The van der Waals surface area contributed by atoms with Gasteiger partial charge in [0.2, 0.25) is 0 Å². The van der Waals surface area contributed by atoms with E-state index >= 15 is 0 Å². The molecule has 0 spiro atoms. The molecule has 0 aromatic carbocycles. The van der Waals surface area contributed by atoms with Crippen molar-refractivity contribution in [2.45, 2.75) is 52.6 Å². The van der Waals surface area contributed by atoms with Gasteiger partial charge < -0.3 is 10.2 Å². The first-order chi connectivity index (χ1) is 11.0. The molecule has 2 aliphatic rings. The van der Waals surface area contributed by atoms with Gasteiger partial charge in [-0.15, -0.1) is 0 Å². The molecular weight excluding hydrogens is 288 g/mol. The Labute approximate surface area is 139 Å². The van der Waals surface area contributed by atoms with Crippen molar-refractivity contribution in [3.63, 3.8) is 0 Å². The Bertz CT molecular complexity index is 561. The summed E-state index contributed by atoms with van der Waals surface area (Å²) in [5.74, 6) is 2.03. The van der Waals surface area contributed by atoms with Crippen molar-refractivity contribution in [3.8, 4) is 0 Å². The van der Waals surface area contributed by atoms with Gasteiger partial charge in [-0.2, -0.15) is 5.10 Å². The molecule has 128 valence electrons. The van der Waals surface area contributed by atoms with E-state index < -0.39 is 0 Å². The van der Waals surface area contributed by atoms with Crippen LogP contribution in [-0.2, 0) is 13.0 Å². The van der Waals surface area contributed by atoms with Crippen molar-refractivity contribution < 1.29 is 4.79 Å². The van der Waals surface area contributed by atoms with Crippen molar-refractivity contribution >= 4 is 5.91 Å². The lowest BCUT2D eigenvalue weighted by molar-refractivity contribution is 0.0917. The van der Waals surface area contributed by atoms with Crippen LogP contribution in [-0.4, -0.2) is 46.8 Å². The van der Waals surface area contributed by atoms with E-state index in [-0.39, 0.29) is 11.9 Å². The van der Waals surface area contributed by atoms with Gasteiger partial charge in [-0.25, -0.2) is 0 Å². The standard InChI is InChI=1S/C18H30N4O/c1-5-22-17(9-14(20-22)8-12(2)3)18(23)19-16-11-21(4)10-15(16)13-6-7-13/h9,12-13,15-16H,5-8,10-11H2,1-4H3,(H,19,23)/t15-,16+/m1/s1. The van der Waals surface area contributed by atoms with Gasteiger partial charge in [0.05, 0.1) is 5.69 Å². The van der Waals surface area contributed by atoms with Crippen LogP contribution in [0.5, 0.6) is 0 Å². The molecule has 1 N–H and O–H groups in total. The zero-order valence-electron chi connectivity index (χ0n) is 14.9. The fourth-order valence-corrected chi connectivity index (χ4v) is 3.84. The average Bonchev–Trinajstić information content (AvgIpc) is 3.14. The van der Waals surface area contributed by atoms with Crippen LogP contribution in [0.25, 0.3) is 0 Å². The number of carbonyl (C=O) groups is 1. The number of amides is 1. The highest BCUT2D eigenvalue weighted by atomic mass is 16.2. The molecule has 1 saturated heterocycles. The second-order valence-corrected chi connectivity index (χ2v) is 7.74. The summed E-state index contributed by atoms with van der Waals surface area (Å²) in [5, 5.41) is 7.89. The Balaban J connectivity index is 1.71. The van der Waals surface area contributed by atoms with Crippen molar-refractivity contribution in [2.75, 3.05) is 20.1 Å². The number of aromatic nitrogens is 2. The molecule has 1 aliphatic heterocycles. The van der Waals surface area contributed by atoms with E-state index in [4.69, 9.17) is 0 Å². The maximum absolute atomic E-state index is 12.8. The van der Waals surface area contributed by atoms with Crippen LogP contribution < -0.4 is 5.32 Å².